The van der Waals surface area contributed by atoms with Crippen molar-refractivity contribution < 1.29 is 17.5 Å². The van der Waals surface area contributed by atoms with E-state index in [1.165, 1.54) is 24.6 Å². The highest BCUT2D eigenvalue weighted by atomic mass is 32.2. The van der Waals surface area contributed by atoms with Crippen molar-refractivity contribution >= 4 is 9.84 Å². The first-order chi connectivity index (χ1) is 9.08. The summed E-state index contributed by atoms with van der Waals surface area (Å²) in [7, 11) is -3.45. The van der Waals surface area contributed by atoms with E-state index in [1.807, 2.05) is 0 Å². The van der Waals surface area contributed by atoms with Crippen molar-refractivity contribution in [2.45, 2.75) is 43.1 Å². The molecule has 0 saturated heterocycles. The van der Waals surface area contributed by atoms with Crippen LogP contribution in [0, 0.1) is 5.82 Å². The molecule has 1 aliphatic carbocycles. The number of ether oxygens (including phenoxy) is 1. The maximum absolute atomic E-state index is 13.0. The van der Waals surface area contributed by atoms with E-state index >= 15 is 0 Å². The number of hydrogen-bond acceptors (Lipinski definition) is 3. The Morgan fingerprint density at radius 3 is 2.63 bits per heavy atom. The van der Waals surface area contributed by atoms with Gasteiger partial charge in [0.05, 0.1) is 23.4 Å². The van der Waals surface area contributed by atoms with Gasteiger partial charge in [-0.05, 0) is 31.0 Å². The first-order valence-corrected chi connectivity index (χ1v) is 8.33. The standard InChI is InChI=1S/C14H19FO3S/c15-12-5-4-8-14(11-12)19(16,17)10-9-18-13-6-2-1-3-7-13/h4-5,8,11,13H,1-3,6-7,9-10H2. The highest BCUT2D eigenvalue weighted by Crippen LogP contribution is 2.20. The Hall–Kier alpha value is -0.940. The Balaban J connectivity index is 1.87. The Kier molecular flexibility index (Phi) is 4.93. The second-order valence-electron chi connectivity index (χ2n) is 4.91. The second-order valence-corrected chi connectivity index (χ2v) is 7.02. The van der Waals surface area contributed by atoms with Gasteiger partial charge >= 0.3 is 0 Å². The number of halogens is 1. The van der Waals surface area contributed by atoms with Gasteiger partial charge in [0.25, 0.3) is 0 Å². The lowest BCUT2D eigenvalue weighted by atomic mass is 9.98. The monoisotopic (exact) mass is 286 g/mol. The van der Waals surface area contributed by atoms with Crippen molar-refractivity contribution in [3.63, 3.8) is 0 Å². The molecule has 0 aromatic heterocycles. The van der Waals surface area contributed by atoms with Crippen LogP contribution in [-0.2, 0) is 14.6 Å². The highest BCUT2D eigenvalue weighted by Gasteiger charge is 2.18. The molecule has 1 saturated carbocycles. The second kappa shape index (κ2) is 6.48. The quantitative estimate of drug-likeness (QED) is 0.836. The molecular weight excluding hydrogens is 267 g/mol. The summed E-state index contributed by atoms with van der Waals surface area (Å²) in [6, 6.07) is 5.11. The lowest BCUT2D eigenvalue weighted by Gasteiger charge is -2.21. The summed E-state index contributed by atoms with van der Waals surface area (Å²) in [4.78, 5) is 0.0275. The molecule has 0 atom stereocenters. The molecule has 0 amide bonds. The zero-order chi connectivity index (χ0) is 13.7. The molecule has 19 heavy (non-hydrogen) atoms. The van der Waals surface area contributed by atoms with Gasteiger partial charge in [0.1, 0.15) is 5.82 Å². The first-order valence-electron chi connectivity index (χ1n) is 6.68. The third-order valence-corrected chi connectivity index (χ3v) is 5.09. The summed E-state index contributed by atoms with van der Waals surface area (Å²) in [5.41, 5.74) is 0. The van der Waals surface area contributed by atoms with Crippen molar-refractivity contribution in [3.8, 4) is 0 Å². The number of hydrogen-bond donors (Lipinski definition) is 0. The highest BCUT2D eigenvalue weighted by molar-refractivity contribution is 7.91. The Morgan fingerprint density at radius 2 is 1.95 bits per heavy atom. The molecule has 2 rings (SSSR count). The topological polar surface area (TPSA) is 43.4 Å². The minimum atomic E-state index is -3.45. The molecule has 106 valence electrons. The molecule has 0 spiro atoms. The van der Waals surface area contributed by atoms with E-state index in [1.54, 1.807) is 0 Å². The van der Waals surface area contributed by atoms with Crippen LogP contribution in [0.1, 0.15) is 32.1 Å². The van der Waals surface area contributed by atoms with Crippen molar-refractivity contribution in [3.05, 3.63) is 30.1 Å². The van der Waals surface area contributed by atoms with Gasteiger partial charge in [0.15, 0.2) is 9.84 Å². The minimum absolute atomic E-state index is 0.0275. The predicted octanol–water partition coefficient (Wildman–Crippen LogP) is 2.95. The van der Waals surface area contributed by atoms with Gasteiger partial charge in [0.2, 0.25) is 0 Å². The van der Waals surface area contributed by atoms with Crippen molar-refractivity contribution in [2.75, 3.05) is 12.4 Å². The van der Waals surface area contributed by atoms with Crippen molar-refractivity contribution in [2.24, 2.45) is 0 Å². The summed E-state index contributed by atoms with van der Waals surface area (Å²) in [5, 5.41) is 0. The third kappa shape index (κ3) is 4.28. The predicted molar refractivity (Wildman–Crippen MR) is 71.3 cm³/mol. The van der Waals surface area contributed by atoms with Crippen LogP contribution >= 0.6 is 0 Å². The lowest BCUT2D eigenvalue weighted by molar-refractivity contribution is 0.0379. The number of benzene rings is 1. The van der Waals surface area contributed by atoms with Gasteiger partial charge in [-0.25, -0.2) is 12.8 Å². The fourth-order valence-corrected chi connectivity index (χ4v) is 3.46. The lowest BCUT2D eigenvalue weighted by Crippen LogP contribution is -2.21. The summed E-state index contributed by atoms with van der Waals surface area (Å²) < 4.78 is 42.6. The van der Waals surface area contributed by atoms with Crippen LogP contribution in [0.4, 0.5) is 4.39 Å². The summed E-state index contributed by atoms with van der Waals surface area (Å²) in [6.45, 7) is 0.184. The molecule has 0 radical (unpaired) electrons. The van der Waals surface area contributed by atoms with Gasteiger partial charge in [0, 0.05) is 0 Å². The van der Waals surface area contributed by atoms with Crippen LogP contribution < -0.4 is 0 Å². The third-order valence-electron chi connectivity index (χ3n) is 3.41. The van der Waals surface area contributed by atoms with Crippen LogP contribution in [0.3, 0.4) is 0 Å². The van der Waals surface area contributed by atoms with Crippen LogP contribution in [-0.4, -0.2) is 26.9 Å². The fraction of sp³-hybridized carbons (Fsp3) is 0.571. The first kappa shape index (κ1) is 14.5. The van der Waals surface area contributed by atoms with Crippen LogP contribution in [0.15, 0.2) is 29.2 Å². The zero-order valence-corrected chi connectivity index (χ0v) is 11.7. The SMILES string of the molecule is O=S(=O)(CCOC1CCCCC1)c1cccc(F)c1. The summed E-state index contributed by atoms with van der Waals surface area (Å²) in [5.74, 6) is -0.623. The zero-order valence-electron chi connectivity index (χ0n) is 10.8. The van der Waals surface area contributed by atoms with Gasteiger partial charge in [-0.15, -0.1) is 0 Å². The van der Waals surface area contributed by atoms with E-state index < -0.39 is 15.7 Å². The van der Waals surface area contributed by atoms with Gasteiger partial charge in [-0.3, -0.25) is 0 Å². The molecule has 0 heterocycles. The molecular formula is C14H19FO3S. The van der Waals surface area contributed by atoms with Crippen molar-refractivity contribution in [1.29, 1.82) is 0 Å². The molecule has 1 aliphatic rings. The summed E-state index contributed by atoms with van der Waals surface area (Å²) in [6.07, 6.45) is 5.76. The van der Waals surface area contributed by atoms with Gasteiger partial charge < -0.3 is 4.74 Å². The molecule has 1 fully saturated rings. The number of rotatable bonds is 5. The molecule has 0 N–H and O–H groups in total. The fourth-order valence-electron chi connectivity index (χ4n) is 2.33. The molecule has 1 aromatic carbocycles. The number of sulfone groups is 1. The van der Waals surface area contributed by atoms with E-state index in [-0.39, 0.29) is 23.4 Å². The van der Waals surface area contributed by atoms with Gasteiger partial charge in [-0.1, -0.05) is 25.3 Å². The molecule has 0 unspecified atom stereocenters. The Bertz CT molecular complexity index is 507. The Morgan fingerprint density at radius 1 is 1.21 bits per heavy atom. The van der Waals surface area contributed by atoms with Crippen LogP contribution in [0.2, 0.25) is 0 Å². The van der Waals surface area contributed by atoms with E-state index in [9.17, 15) is 12.8 Å². The maximum atomic E-state index is 13.0. The molecule has 0 bridgehead atoms. The van der Waals surface area contributed by atoms with E-state index in [4.69, 9.17) is 4.74 Å². The largest absolute Gasteiger partial charge is 0.377 e. The molecule has 0 aliphatic heterocycles. The van der Waals surface area contributed by atoms with E-state index in [0.717, 1.165) is 31.7 Å². The summed E-state index contributed by atoms with van der Waals surface area (Å²) >= 11 is 0. The van der Waals surface area contributed by atoms with Crippen molar-refractivity contribution in [1.82, 2.24) is 0 Å². The van der Waals surface area contributed by atoms with Crippen LogP contribution in [0.25, 0.3) is 0 Å². The molecule has 5 heteroatoms. The van der Waals surface area contributed by atoms with Gasteiger partial charge in [-0.2, -0.15) is 0 Å². The smallest absolute Gasteiger partial charge is 0.180 e. The normalized spacial score (nSPS) is 17.5. The Labute approximate surface area is 113 Å². The minimum Gasteiger partial charge on any atom is -0.377 e. The van der Waals surface area contributed by atoms with Crippen LogP contribution in [0.5, 0.6) is 0 Å². The van der Waals surface area contributed by atoms with E-state index in [0.29, 0.717) is 0 Å². The molecule has 1 aromatic rings. The molecule has 3 nitrogen and oxygen atoms in total. The van der Waals surface area contributed by atoms with E-state index in [2.05, 4.69) is 0 Å². The average molecular weight is 286 g/mol. The maximum Gasteiger partial charge on any atom is 0.180 e. The average Bonchev–Trinajstić information content (AvgIpc) is 2.40.